The van der Waals surface area contributed by atoms with Gasteiger partial charge in [0.15, 0.2) is 0 Å². The van der Waals surface area contributed by atoms with Gasteiger partial charge in [-0.2, -0.15) is 0 Å². The van der Waals surface area contributed by atoms with Crippen molar-refractivity contribution in [3.63, 3.8) is 0 Å². The summed E-state index contributed by atoms with van der Waals surface area (Å²) in [5.41, 5.74) is -0.701. The summed E-state index contributed by atoms with van der Waals surface area (Å²) in [5, 5.41) is 2.96. The van der Waals surface area contributed by atoms with Crippen molar-refractivity contribution in [1.82, 2.24) is 15.1 Å². The van der Waals surface area contributed by atoms with E-state index in [-0.39, 0.29) is 23.3 Å². The van der Waals surface area contributed by atoms with E-state index < -0.39 is 0 Å². The molecule has 26 heavy (non-hydrogen) atoms. The van der Waals surface area contributed by atoms with E-state index in [2.05, 4.69) is 24.1 Å². The van der Waals surface area contributed by atoms with Gasteiger partial charge in [-0.3, -0.25) is 4.90 Å². The molecule has 2 atom stereocenters. The highest BCUT2D eigenvalue weighted by atomic mass is 16.6. The van der Waals surface area contributed by atoms with Crippen molar-refractivity contribution >= 4 is 12.2 Å². The third kappa shape index (κ3) is 2.75. The van der Waals surface area contributed by atoms with Crippen molar-refractivity contribution in [2.45, 2.75) is 88.6 Å². The Morgan fingerprint density at radius 1 is 1.19 bits per heavy atom. The number of rotatable bonds is 2. The predicted molar refractivity (Wildman–Crippen MR) is 95.9 cm³/mol. The molecule has 0 aromatic carbocycles. The quantitative estimate of drug-likeness (QED) is 0.814. The van der Waals surface area contributed by atoms with E-state index in [0.717, 1.165) is 51.6 Å². The van der Waals surface area contributed by atoms with Crippen LogP contribution in [-0.4, -0.2) is 70.9 Å². The molecular weight excluding hydrogens is 334 g/mol. The van der Waals surface area contributed by atoms with Crippen molar-refractivity contribution in [2.24, 2.45) is 0 Å². The third-order valence-corrected chi connectivity index (χ3v) is 7.15. The molecule has 4 heterocycles. The smallest absolute Gasteiger partial charge is 0.410 e. The molecule has 2 unspecified atom stereocenters. The highest BCUT2D eigenvalue weighted by Crippen LogP contribution is 2.43. The van der Waals surface area contributed by atoms with Gasteiger partial charge in [-0.1, -0.05) is 0 Å². The molecule has 2 bridgehead atoms. The summed E-state index contributed by atoms with van der Waals surface area (Å²) >= 11 is 0. The highest BCUT2D eigenvalue weighted by molar-refractivity contribution is 5.72. The van der Waals surface area contributed by atoms with Crippen molar-refractivity contribution in [3.05, 3.63) is 0 Å². The Hall–Kier alpha value is -1.50. The molecule has 0 saturated carbocycles. The largest absolute Gasteiger partial charge is 0.450 e. The number of hydrogen-bond donors (Lipinski definition) is 1. The summed E-state index contributed by atoms with van der Waals surface area (Å²) in [6, 6.07) is 1.15. The lowest BCUT2D eigenvalue weighted by Gasteiger charge is -2.48. The topological polar surface area (TPSA) is 71.1 Å². The van der Waals surface area contributed by atoms with Crippen LogP contribution in [0.1, 0.15) is 59.3 Å². The number of fused-ring (bicyclic) bond motifs is 2. The van der Waals surface area contributed by atoms with Gasteiger partial charge in [0.1, 0.15) is 5.60 Å². The molecular formula is C19H31N3O4. The van der Waals surface area contributed by atoms with E-state index in [4.69, 9.17) is 9.47 Å². The number of amides is 2. The van der Waals surface area contributed by atoms with E-state index in [9.17, 15) is 9.59 Å². The molecule has 0 aliphatic carbocycles. The fraction of sp³-hybridized carbons (Fsp3) is 0.895. The van der Waals surface area contributed by atoms with Gasteiger partial charge >= 0.3 is 12.2 Å². The van der Waals surface area contributed by atoms with Crippen LogP contribution in [0.2, 0.25) is 0 Å². The molecule has 0 aromatic heterocycles. The van der Waals surface area contributed by atoms with Crippen LogP contribution in [0.5, 0.6) is 0 Å². The first-order valence-electron chi connectivity index (χ1n) is 10.1. The lowest BCUT2D eigenvalue weighted by molar-refractivity contribution is -0.0567. The first-order valence-corrected chi connectivity index (χ1v) is 10.1. The maximum atomic E-state index is 12.2. The second kappa shape index (κ2) is 6.29. The van der Waals surface area contributed by atoms with Crippen molar-refractivity contribution in [2.75, 3.05) is 19.7 Å². The average molecular weight is 365 g/mol. The Morgan fingerprint density at radius 3 is 2.31 bits per heavy atom. The molecule has 1 N–H and O–H groups in total. The molecule has 0 radical (unpaired) electrons. The monoisotopic (exact) mass is 365 g/mol. The zero-order valence-electron chi connectivity index (χ0n) is 16.1. The van der Waals surface area contributed by atoms with E-state index in [0.29, 0.717) is 24.7 Å². The van der Waals surface area contributed by atoms with Gasteiger partial charge < -0.3 is 19.7 Å². The zero-order chi connectivity index (χ0) is 18.5. The Balaban J connectivity index is 1.38. The minimum atomic E-state index is -0.384. The van der Waals surface area contributed by atoms with Crippen LogP contribution in [0.15, 0.2) is 0 Å². The van der Waals surface area contributed by atoms with Crippen LogP contribution < -0.4 is 5.32 Å². The van der Waals surface area contributed by atoms with Crippen LogP contribution in [0.3, 0.4) is 0 Å². The SMILES string of the molecule is CCOC(=O)N1C2CCC1CC(N1CCC3(CC1)OC(=O)NC3(C)C)C2. The number of piperidine rings is 2. The lowest BCUT2D eigenvalue weighted by atomic mass is 9.76. The molecule has 0 aromatic rings. The lowest BCUT2D eigenvalue weighted by Crippen LogP contribution is -2.60. The Morgan fingerprint density at radius 2 is 1.81 bits per heavy atom. The maximum absolute atomic E-state index is 12.2. The molecule has 4 aliphatic rings. The van der Waals surface area contributed by atoms with Gasteiger partial charge in [0.2, 0.25) is 0 Å². The zero-order valence-corrected chi connectivity index (χ0v) is 16.1. The summed E-state index contributed by atoms with van der Waals surface area (Å²) in [5.74, 6) is 0. The summed E-state index contributed by atoms with van der Waals surface area (Å²) in [7, 11) is 0. The maximum Gasteiger partial charge on any atom is 0.410 e. The molecule has 7 heteroatoms. The molecule has 4 aliphatic heterocycles. The van der Waals surface area contributed by atoms with Crippen molar-refractivity contribution < 1.29 is 19.1 Å². The fourth-order valence-electron chi connectivity index (χ4n) is 5.62. The number of likely N-dealkylation sites (tertiary alicyclic amines) is 1. The van der Waals surface area contributed by atoms with E-state index in [1.54, 1.807) is 0 Å². The Bertz CT molecular complexity index is 571. The summed E-state index contributed by atoms with van der Waals surface area (Å²) < 4.78 is 11.0. The van der Waals surface area contributed by atoms with Gasteiger partial charge in [-0.05, 0) is 46.5 Å². The summed E-state index contributed by atoms with van der Waals surface area (Å²) in [4.78, 5) is 28.6. The summed E-state index contributed by atoms with van der Waals surface area (Å²) in [6.07, 6.45) is 5.55. The third-order valence-electron chi connectivity index (χ3n) is 7.15. The second-order valence-electron chi connectivity index (χ2n) is 8.79. The number of carbonyl (C=O) groups is 2. The molecule has 4 rings (SSSR count). The number of alkyl carbamates (subject to hydrolysis) is 1. The standard InChI is InChI=1S/C19H31N3O4/c1-4-25-17(24)22-13-5-6-14(22)12-15(11-13)21-9-7-19(8-10-21)18(2,3)20-16(23)26-19/h13-15H,4-12H2,1-3H3,(H,20,23). The molecule has 146 valence electrons. The van der Waals surface area contributed by atoms with Crippen molar-refractivity contribution in [3.8, 4) is 0 Å². The van der Waals surface area contributed by atoms with Crippen LogP contribution in [0, 0.1) is 0 Å². The van der Waals surface area contributed by atoms with Gasteiger partial charge in [-0.25, -0.2) is 9.59 Å². The molecule has 7 nitrogen and oxygen atoms in total. The van der Waals surface area contributed by atoms with Gasteiger partial charge in [0.05, 0.1) is 12.1 Å². The van der Waals surface area contributed by atoms with E-state index >= 15 is 0 Å². The summed E-state index contributed by atoms with van der Waals surface area (Å²) in [6.45, 7) is 8.32. The fourth-order valence-corrected chi connectivity index (χ4v) is 5.62. The number of hydrogen-bond acceptors (Lipinski definition) is 5. The van der Waals surface area contributed by atoms with Crippen LogP contribution in [-0.2, 0) is 9.47 Å². The number of ether oxygens (including phenoxy) is 2. The minimum absolute atomic E-state index is 0.137. The van der Waals surface area contributed by atoms with Crippen LogP contribution in [0.4, 0.5) is 9.59 Å². The van der Waals surface area contributed by atoms with Gasteiger partial charge in [0.25, 0.3) is 0 Å². The highest BCUT2D eigenvalue weighted by Gasteiger charge is 2.56. The molecule has 4 saturated heterocycles. The first kappa shape index (κ1) is 17.9. The molecule has 1 spiro atoms. The van der Waals surface area contributed by atoms with E-state index in [1.165, 1.54) is 0 Å². The Kier molecular flexibility index (Phi) is 4.33. The number of carbonyl (C=O) groups excluding carboxylic acids is 2. The number of nitrogens with one attached hydrogen (secondary N) is 1. The number of nitrogens with zero attached hydrogens (tertiary/aromatic N) is 2. The molecule has 2 amide bonds. The van der Waals surface area contributed by atoms with Crippen LogP contribution in [0.25, 0.3) is 0 Å². The van der Waals surface area contributed by atoms with Gasteiger partial charge in [0, 0.05) is 44.1 Å². The average Bonchev–Trinajstić information content (AvgIpc) is 2.97. The first-order chi connectivity index (χ1) is 12.4. The van der Waals surface area contributed by atoms with E-state index in [1.807, 2.05) is 11.8 Å². The van der Waals surface area contributed by atoms with Crippen molar-refractivity contribution in [1.29, 1.82) is 0 Å². The minimum Gasteiger partial charge on any atom is -0.450 e. The second-order valence-corrected chi connectivity index (χ2v) is 8.79. The predicted octanol–water partition coefficient (Wildman–Crippen LogP) is 2.49. The van der Waals surface area contributed by atoms with Gasteiger partial charge in [-0.15, -0.1) is 0 Å². The molecule has 4 fully saturated rings. The van der Waals surface area contributed by atoms with Crippen LogP contribution >= 0.6 is 0 Å². The Labute approximate surface area is 155 Å². The normalized spacial score (nSPS) is 35.3.